The maximum Gasteiger partial charge on any atom is 0.122 e. The first-order valence-corrected chi connectivity index (χ1v) is 14.4. The van der Waals surface area contributed by atoms with Crippen molar-refractivity contribution < 1.29 is 4.74 Å². The molecular weight excluding hydrogens is 451 g/mol. The second-order valence-electron chi connectivity index (χ2n) is 9.44. The zero-order valence-corrected chi connectivity index (χ0v) is 23.7. The Morgan fingerprint density at radius 3 is 2.66 bits per heavy atom. The summed E-state index contributed by atoms with van der Waals surface area (Å²) in [5, 5.41) is 3.71. The molecule has 3 N–H and O–H groups in total. The minimum Gasteiger partial charge on any atom is -0.493 e. The van der Waals surface area contributed by atoms with Gasteiger partial charge in [0, 0.05) is 48.9 Å². The number of hydrogen-bond acceptors (Lipinski definition) is 5. The third-order valence-corrected chi connectivity index (χ3v) is 7.92. The monoisotopic (exact) mass is 498 g/mol. The lowest BCUT2D eigenvalue weighted by Gasteiger charge is -2.27. The lowest BCUT2D eigenvalue weighted by atomic mass is 9.87. The summed E-state index contributed by atoms with van der Waals surface area (Å²) in [6, 6.07) is 7.45. The topological polar surface area (TPSA) is 72.0 Å². The van der Waals surface area contributed by atoms with Crippen molar-refractivity contribution >= 4 is 20.2 Å². The number of aliphatic imine (C=N–C) groups is 2. The summed E-state index contributed by atoms with van der Waals surface area (Å²) >= 11 is 0. The van der Waals surface area contributed by atoms with Gasteiger partial charge in [-0.3, -0.25) is 9.98 Å². The zero-order valence-electron chi connectivity index (χ0n) is 22.7. The first-order chi connectivity index (χ1) is 17.0. The van der Waals surface area contributed by atoms with Crippen LogP contribution in [0, 0.1) is 5.92 Å². The smallest absolute Gasteiger partial charge is 0.122 e. The summed E-state index contributed by atoms with van der Waals surface area (Å²) in [4.78, 5) is 8.25. The predicted molar refractivity (Wildman–Crippen MR) is 156 cm³/mol. The van der Waals surface area contributed by atoms with Crippen molar-refractivity contribution in [2.24, 2.45) is 21.6 Å². The van der Waals surface area contributed by atoms with Crippen molar-refractivity contribution in [2.75, 3.05) is 13.7 Å². The van der Waals surface area contributed by atoms with E-state index in [2.05, 4.69) is 46.5 Å². The molecule has 0 spiro atoms. The largest absolute Gasteiger partial charge is 0.493 e. The van der Waals surface area contributed by atoms with E-state index >= 15 is 0 Å². The molecule has 1 fully saturated rings. The molecule has 1 aromatic rings. The first kappa shape index (κ1) is 29.3. The van der Waals surface area contributed by atoms with Crippen LogP contribution in [0.4, 0.5) is 0 Å². The molecule has 0 saturated heterocycles. The third-order valence-electron chi connectivity index (χ3n) is 6.56. The van der Waals surface area contributed by atoms with Crippen LogP contribution in [0.3, 0.4) is 0 Å². The van der Waals surface area contributed by atoms with Gasteiger partial charge in [-0.15, -0.1) is 0 Å². The molecule has 2 unspecified atom stereocenters. The van der Waals surface area contributed by atoms with Gasteiger partial charge in [0.15, 0.2) is 0 Å². The molecule has 4 rings (SSSR count). The summed E-state index contributed by atoms with van der Waals surface area (Å²) in [6.45, 7) is 12.2. The quantitative estimate of drug-likeness (QED) is 0.354. The van der Waals surface area contributed by atoms with E-state index in [1.807, 2.05) is 40.1 Å². The van der Waals surface area contributed by atoms with Crippen molar-refractivity contribution in [3.63, 3.8) is 0 Å². The number of aryl methyl sites for hydroxylation is 1. The number of ether oxygens (including phenoxy) is 1. The van der Waals surface area contributed by atoms with E-state index in [4.69, 9.17) is 10.5 Å². The summed E-state index contributed by atoms with van der Waals surface area (Å²) < 4.78 is 5.74. The van der Waals surface area contributed by atoms with Gasteiger partial charge in [-0.1, -0.05) is 47.6 Å². The van der Waals surface area contributed by atoms with E-state index in [-0.39, 0.29) is 0 Å². The highest BCUT2D eigenvalue weighted by Crippen LogP contribution is 2.31. The van der Waals surface area contributed by atoms with Crippen LogP contribution < -0.4 is 15.8 Å². The minimum absolute atomic E-state index is 0.362. The molecule has 6 heteroatoms. The highest BCUT2D eigenvalue weighted by atomic mass is 31.1. The Morgan fingerprint density at radius 2 is 2.00 bits per heavy atom. The normalized spacial score (nSPS) is 24.7. The fraction of sp³-hybridized carbons (Fsp3) is 0.586. The van der Waals surface area contributed by atoms with Gasteiger partial charge in [0.2, 0.25) is 0 Å². The second kappa shape index (κ2) is 15.9. The molecule has 2 aliphatic heterocycles. The van der Waals surface area contributed by atoms with E-state index in [0.717, 1.165) is 42.5 Å². The minimum atomic E-state index is 0.362. The Morgan fingerprint density at radius 1 is 1.26 bits per heavy atom. The van der Waals surface area contributed by atoms with E-state index in [0.29, 0.717) is 20.3 Å². The van der Waals surface area contributed by atoms with Gasteiger partial charge in [0.1, 0.15) is 5.75 Å². The third kappa shape index (κ3) is 9.89. The zero-order chi connectivity index (χ0) is 25.6. The maximum atomic E-state index is 5.82. The molecule has 194 valence electrons. The van der Waals surface area contributed by atoms with Gasteiger partial charge in [-0.2, -0.15) is 0 Å². The van der Waals surface area contributed by atoms with Gasteiger partial charge in [-0.25, -0.2) is 0 Å². The molecular formula is C29H47N4OP. The van der Waals surface area contributed by atoms with Crippen LogP contribution in [-0.4, -0.2) is 37.0 Å². The number of fused-ring (bicyclic) bond motifs is 1. The number of nitrogens with one attached hydrogen (secondary N) is 1. The molecule has 2 atom stereocenters. The Hall–Kier alpha value is -1.97. The Balaban J connectivity index is 0.000000241. The Labute approximate surface area is 215 Å². The van der Waals surface area contributed by atoms with Crippen molar-refractivity contribution in [2.45, 2.75) is 91.4 Å². The molecule has 3 aliphatic rings. The highest BCUT2D eigenvalue weighted by molar-refractivity contribution is 7.59. The van der Waals surface area contributed by atoms with Gasteiger partial charge in [-0.05, 0) is 81.1 Å². The SMILES string of the molecule is CC.CC1CCC(NCc2ccc3c(c2)OCCC3)CC1.CN=C/C(=C(\C)N)C1C=CN=C(C)P1. The second-order valence-corrected chi connectivity index (χ2v) is 11.1. The summed E-state index contributed by atoms with van der Waals surface area (Å²) in [7, 11) is 2.45. The number of nitrogens with zero attached hydrogens (tertiary/aromatic N) is 2. The summed E-state index contributed by atoms with van der Waals surface area (Å²) in [5.41, 5.74) is 12.0. The van der Waals surface area contributed by atoms with Crippen LogP contribution >= 0.6 is 8.58 Å². The highest BCUT2D eigenvalue weighted by Gasteiger charge is 2.18. The van der Waals surface area contributed by atoms with Crippen LogP contribution in [-0.2, 0) is 13.0 Å². The van der Waals surface area contributed by atoms with Gasteiger partial charge in [0.05, 0.1) is 6.61 Å². The Kier molecular flexibility index (Phi) is 13.3. The number of allylic oxidation sites excluding steroid dienone is 3. The van der Waals surface area contributed by atoms with E-state index < -0.39 is 0 Å². The van der Waals surface area contributed by atoms with Crippen molar-refractivity contribution in [1.29, 1.82) is 0 Å². The lowest BCUT2D eigenvalue weighted by Crippen LogP contribution is -2.32. The molecule has 1 saturated carbocycles. The number of benzene rings is 1. The van der Waals surface area contributed by atoms with Crippen molar-refractivity contribution in [3.8, 4) is 5.75 Å². The van der Waals surface area contributed by atoms with Crippen LogP contribution in [0.15, 0.2) is 51.7 Å². The number of hydrogen-bond donors (Lipinski definition) is 2. The molecule has 0 radical (unpaired) electrons. The van der Waals surface area contributed by atoms with Gasteiger partial charge in [0.25, 0.3) is 0 Å². The molecule has 1 aliphatic carbocycles. The van der Waals surface area contributed by atoms with E-state index in [1.165, 1.54) is 48.7 Å². The Bertz CT molecular complexity index is 894. The van der Waals surface area contributed by atoms with Crippen LogP contribution in [0.25, 0.3) is 0 Å². The standard InChI is InChI=1S/C17H25NO.C10H16N3P.C2H6/c1-13-4-8-16(9-5-13)18-12-14-6-7-15-3-2-10-19-17(15)11-14;1-7(11)9(6-12-3)10-4-5-13-8(2)14-10;1-2/h6-7,11,13,16,18H,2-5,8-10,12H2,1H3;4-6,10,14H,11H2,1-3H3;1-2H3/b;9-7-,12-6?;. The molecule has 0 aromatic heterocycles. The maximum absolute atomic E-state index is 5.82. The van der Waals surface area contributed by atoms with E-state index in [1.54, 1.807) is 7.05 Å². The predicted octanol–water partition coefficient (Wildman–Crippen LogP) is 6.62. The van der Waals surface area contributed by atoms with Crippen LogP contribution in [0.5, 0.6) is 5.75 Å². The fourth-order valence-electron chi connectivity index (χ4n) is 4.52. The number of nitrogens with two attached hydrogens (primary N) is 1. The molecule has 5 nitrogen and oxygen atoms in total. The van der Waals surface area contributed by atoms with Crippen molar-refractivity contribution in [3.05, 3.63) is 52.9 Å². The molecule has 2 heterocycles. The van der Waals surface area contributed by atoms with Crippen molar-refractivity contribution in [1.82, 2.24) is 5.32 Å². The average molecular weight is 499 g/mol. The molecule has 1 aromatic carbocycles. The molecule has 0 bridgehead atoms. The molecule has 0 amide bonds. The van der Waals surface area contributed by atoms with E-state index in [9.17, 15) is 0 Å². The summed E-state index contributed by atoms with van der Waals surface area (Å²) in [6.07, 6.45) is 13.5. The summed E-state index contributed by atoms with van der Waals surface area (Å²) in [5.74, 6) is 2.04. The number of rotatable bonds is 5. The van der Waals surface area contributed by atoms with Crippen LogP contribution in [0.1, 0.15) is 77.8 Å². The average Bonchev–Trinajstić information content (AvgIpc) is 2.88. The lowest BCUT2D eigenvalue weighted by molar-refractivity contribution is 0.287. The fourth-order valence-corrected chi connectivity index (χ4v) is 5.76. The van der Waals surface area contributed by atoms with Crippen LogP contribution in [0.2, 0.25) is 0 Å². The molecule has 35 heavy (non-hydrogen) atoms. The van der Waals surface area contributed by atoms with Gasteiger partial charge >= 0.3 is 0 Å². The van der Waals surface area contributed by atoms with Gasteiger partial charge < -0.3 is 15.8 Å². The first-order valence-electron chi connectivity index (χ1n) is 13.3.